The highest BCUT2D eigenvalue weighted by atomic mass is 19.1. The van der Waals surface area contributed by atoms with Gasteiger partial charge in [0.25, 0.3) is 0 Å². The first-order chi connectivity index (χ1) is 12.8. The van der Waals surface area contributed by atoms with E-state index in [1.54, 1.807) is 33.1 Å². The van der Waals surface area contributed by atoms with E-state index >= 15 is 0 Å². The summed E-state index contributed by atoms with van der Waals surface area (Å²) in [5, 5.41) is 5.53. The molecule has 0 fully saturated rings. The van der Waals surface area contributed by atoms with E-state index in [1.165, 1.54) is 12.1 Å². The molecule has 0 aliphatic rings. The molecule has 144 valence electrons. The van der Waals surface area contributed by atoms with Crippen LogP contribution in [-0.2, 0) is 22.6 Å². The van der Waals surface area contributed by atoms with Crippen LogP contribution in [0.25, 0.3) is 0 Å². The Labute approximate surface area is 158 Å². The number of hydrogen-bond donors (Lipinski definition) is 2. The van der Waals surface area contributed by atoms with Gasteiger partial charge >= 0.3 is 0 Å². The molecule has 0 saturated heterocycles. The van der Waals surface area contributed by atoms with Crippen LogP contribution in [0.4, 0.5) is 4.39 Å². The number of halogens is 1. The quantitative estimate of drug-likeness (QED) is 0.700. The van der Waals surface area contributed by atoms with Crippen molar-refractivity contribution in [2.75, 3.05) is 13.7 Å². The van der Waals surface area contributed by atoms with Gasteiger partial charge in [-0.3, -0.25) is 9.59 Å². The van der Waals surface area contributed by atoms with E-state index < -0.39 is 5.41 Å². The maximum Gasteiger partial charge on any atom is 0.235 e. The van der Waals surface area contributed by atoms with Crippen LogP contribution in [0.1, 0.15) is 25.0 Å². The zero-order valence-corrected chi connectivity index (χ0v) is 15.8. The summed E-state index contributed by atoms with van der Waals surface area (Å²) in [4.78, 5) is 24.9. The fourth-order valence-electron chi connectivity index (χ4n) is 2.55. The van der Waals surface area contributed by atoms with Gasteiger partial charge in [0.1, 0.15) is 17.0 Å². The fourth-order valence-corrected chi connectivity index (χ4v) is 2.55. The molecule has 0 aliphatic carbocycles. The highest BCUT2D eigenvalue weighted by molar-refractivity contribution is 6.04. The van der Waals surface area contributed by atoms with E-state index in [9.17, 15) is 14.0 Å². The Morgan fingerprint density at radius 3 is 2.30 bits per heavy atom. The van der Waals surface area contributed by atoms with Gasteiger partial charge in [-0.25, -0.2) is 4.39 Å². The Bertz CT molecular complexity index is 788. The van der Waals surface area contributed by atoms with Crippen LogP contribution in [0.5, 0.6) is 5.75 Å². The van der Waals surface area contributed by atoms with Gasteiger partial charge in [0.2, 0.25) is 11.8 Å². The molecule has 2 amide bonds. The van der Waals surface area contributed by atoms with Crippen molar-refractivity contribution in [1.29, 1.82) is 0 Å². The zero-order valence-electron chi connectivity index (χ0n) is 15.8. The summed E-state index contributed by atoms with van der Waals surface area (Å²) in [7, 11) is 1.60. The molecule has 27 heavy (non-hydrogen) atoms. The lowest BCUT2D eigenvalue weighted by Crippen LogP contribution is -2.48. The molecule has 0 saturated carbocycles. The SMILES string of the molecule is COc1ccccc1CCNC(=O)C(C)(C)C(=O)NCc1ccc(F)cc1. The minimum atomic E-state index is -1.22. The molecule has 0 heterocycles. The molecule has 2 aromatic carbocycles. The number of para-hydroxylation sites is 1. The molecule has 0 spiro atoms. The predicted octanol–water partition coefficient (Wildman–Crippen LogP) is 2.84. The molecular formula is C21H25FN2O3. The van der Waals surface area contributed by atoms with Crippen molar-refractivity contribution in [3.8, 4) is 5.75 Å². The summed E-state index contributed by atoms with van der Waals surface area (Å²) in [6.07, 6.45) is 0.600. The number of benzene rings is 2. The van der Waals surface area contributed by atoms with Crippen LogP contribution < -0.4 is 15.4 Å². The number of carbonyl (C=O) groups is 2. The van der Waals surface area contributed by atoms with Crippen molar-refractivity contribution in [1.82, 2.24) is 10.6 Å². The van der Waals surface area contributed by atoms with E-state index in [-0.39, 0.29) is 24.2 Å². The smallest absolute Gasteiger partial charge is 0.235 e. The number of nitrogens with one attached hydrogen (secondary N) is 2. The summed E-state index contributed by atoms with van der Waals surface area (Å²) in [6.45, 7) is 3.78. The number of methoxy groups -OCH3 is 1. The van der Waals surface area contributed by atoms with Crippen LogP contribution in [0, 0.1) is 11.2 Å². The van der Waals surface area contributed by atoms with Gasteiger partial charge in [-0.1, -0.05) is 30.3 Å². The molecule has 0 bridgehead atoms. The van der Waals surface area contributed by atoms with Gasteiger partial charge in [-0.2, -0.15) is 0 Å². The molecule has 0 atom stereocenters. The molecule has 0 aromatic heterocycles. The van der Waals surface area contributed by atoms with Gasteiger partial charge < -0.3 is 15.4 Å². The van der Waals surface area contributed by atoms with Crippen molar-refractivity contribution in [2.24, 2.45) is 5.41 Å². The maximum atomic E-state index is 12.9. The number of rotatable bonds is 8. The standard InChI is InChI=1S/C21H25FN2O3/c1-21(2,20(26)24-14-15-8-10-17(22)11-9-15)19(25)23-13-12-16-6-4-5-7-18(16)27-3/h4-11H,12-14H2,1-3H3,(H,23,25)(H,24,26). The Balaban J connectivity index is 1.85. The van der Waals surface area contributed by atoms with Gasteiger partial charge in [-0.05, 0) is 49.6 Å². The molecule has 2 rings (SSSR count). The first-order valence-corrected chi connectivity index (χ1v) is 8.77. The Morgan fingerprint density at radius 1 is 1.00 bits per heavy atom. The van der Waals surface area contributed by atoms with Gasteiger partial charge in [-0.15, -0.1) is 0 Å². The lowest BCUT2D eigenvalue weighted by atomic mass is 9.91. The second-order valence-electron chi connectivity index (χ2n) is 6.75. The lowest BCUT2D eigenvalue weighted by Gasteiger charge is -2.23. The predicted molar refractivity (Wildman–Crippen MR) is 102 cm³/mol. The molecule has 2 aromatic rings. The van der Waals surface area contributed by atoms with E-state index in [0.29, 0.717) is 13.0 Å². The number of carbonyl (C=O) groups excluding carboxylic acids is 2. The highest BCUT2D eigenvalue weighted by Gasteiger charge is 2.35. The van der Waals surface area contributed by atoms with Crippen molar-refractivity contribution in [2.45, 2.75) is 26.8 Å². The summed E-state index contributed by atoms with van der Waals surface area (Å²) >= 11 is 0. The van der Waals surface area contributed by atoms with Crippen LogP contribution in [0.3, 0.4) is 0 Å². The highest BCUT2D eigenvalue weighted by Crippen LogP contribution is 2.18. The van der Waals surface area contributed by atoms with Crippen LogP contribution in [0.2, 0.25) is 0 Å². The average molecular weight is 372 g/mol. The summed E-state index contributed by atoms with van der Waals surface area (Å²) in [5.74, 6) is -0.307. The largest absolute Gasteiger partial charge is 0.496 e. The third-order valence-electron chi connectivity index (χ3n) is 4.37. The topological polar surface area (TPSA) is 67.4 Å². The second-order valence-corrected chi connectivity index (χ2v) is 6.75. The molecule has 0 aliphatic heterocycles. The summed E-state index contributed by atoms with van der Waals surface area (Å²) in [6, 6.07) is 13.4. The Hall–Kier alpha value is -2.89. The van der Waals surface area contributed by atoms with Crippen LogP contribution in [0.15, 0.2) is 48.5 Å². The van der Waals surface area contributed by atoms with E-state index in [1.807, 2.05) is 24.3 Å². The summed E-state index contributed by atoms with van der Waals surface area (Å²) in [5.41, 5.74) is 0.525. The van der Waals surface area contributed by atoms with Crippen molar-refractivity contribution in [3.05, 3.63) is 65.5 Å². The number of ether oxygens (including phenoxy) is 1. The molecule has 0 radical (unpaired) electrons. The minimum Gasteiger partial charge on any atom is -0.496 e. The second kappa shape index (κ2) is 9.16. The van der Waals surface area contributed by atoms with E-state index in [4.69, 9.17) is 4.74 Å². The normalized spacial score (nSPS) is 11.0. The first kappa shape index (κ1) is 20.4. The monoisotopic (exact) mass is 372 g/mol. The van der Waals surface area contributed by atoms with Crippen LogP contribution in [-0.4, -0.2) is 25.5 Å². The van der Waals surface area contributed by atoms with Crippen molar-refractivity contribution >= 4 is 11.8 Å². The fraction of sp³-hybridized carbons (Fsp3) is 0.333. The molecule has 2 N–H and O–H groups in total. The number of hydrogen-bond acceptors (Lipinski definition) is 3. The van der Waals surface area contributed by atoms with Gasteiger partial charge in [0.15, 0.2) is 0 Å². The van der Waals surface area contributed by atoms with E-state index in [0.717, 1.165) is 16.9 Å². The third-order valence-corrected chi connectivity index (χ3v) is 4.37. The zero-order chi connectivity index (χ0) is 19.9. The first-order valence-electron chi connectivity index (χ1n) is 8.77. The maximum absolute atomic E-state index is 12.9. The average Bonchev–Trinajstić information content (AvgIpc) is 2.67. The molecule has 0 unspecified atom stereocenters. The van der Waals surface area contributed by atoms with Gasteiger partial charge in [0.05, 0.1) is 7.11 Å². The third kappa shape index (κ3) is 5.54. The number of amides is 2. The van der Waals surface area contributed by atoms with E-state index in [2.05, 4.69) is 10.6 Å². The lowest BCUT2D eigenvalue weighted by molar-refractivity contribution is -0.141. The van der Waals surface area contributed by atoms with Gasteiger partial charge in [0, 0.05) is 13.1 Å². The molecular weight excluding hydrogens is 347 g/mol. The molecule has 5 nitrogen and oxygen atoms in total. The Kier molecular flexibility index (Phi) is 6.93. The van der Waals surface area contributed by atoms with Crippen LogP contribution >= 0.6 is 0 Å². The van der Waals surface area contributed by atoms with Crippen molar-refractivity contribution < 1.29 is 18.7 Å². The minimum absolute atomic E-state index is 0.233. The Morgan fingerprint density at radius 2 is 1.63 bits per heavy atom. The van der Waals surface area contributed by atoms with Crippen molar-refractivity contribution in [3.63, 3.8) is 0 Å². The molecule has 6 heteroatoms. The summed E-state index contributed by atoms with van der Waals surface area (Å²) < 4.78 is 18.2.